The predicted molar refractivity (Wildman–Crippen MR) is 80.4 cm³/mol. The van der Waals surface area contributed by atoms with Crippen LogP contribution in [0.25, 0.3) is 0 Å². The van der Waals surface area contributed by atoms with Gasteiger partial charge in [0.1, 0.15) is 5.82 Å². The molecule has 5 heteroatoms. The molecule has 4 nitrogen and oxygen atoms in total. The number of carbonyl (C=O) groups is 2. The zero-order chi connectivity index (χ0) is 15.5. The Kier molecular flexibility index (Phi) is 4.41. The molecular weight excluding hydrogens is 283 g/mol. The molecule has 22 heavy (non-hydrogen) atoms. The predicted octanol–water partition coefficient (Wildman–Crippen LogP) is 2.33. The third-order valence-electron chi connectivity index (χ3n) is 4.30. The van der Waals surface area contributed by atoms with Crippen LogP contribution in [0.3, 0.4) is 0 Å². The van der Waals surface area contributed by atoms with Crippen molar-refractivity contribution in [3.05, 3.63) is 35.6 Å². The molecule has 0 N–H and O–H groups in total. The molecule has 0 radical (unpaired) electrons. The molecule has 118 valence electrons. The fourth-order valence-electron chi connectivity index (χ4n) is 2.92. The lowest BCUT2D eigenvalue weighted by molar-refractivity contribution is -0.142. The molecule has 0 aromatic heterocycles. The van der Waals surface area contributed by atoms with Crippen molar-refractivity contribution < 1.29 is 14.0 Å². The van der Waals surface area contributed by atoms with Crippen LogP contribution in [0.15, 0.2) is 24.3 Å². The first-order chi connectivity index (χ1) is 10.6. The lowest BCUT2D eigenvalue weighted by Crippen LogP contribution is -2.45. The second kappa shape index (κ2) is 6.46. The van der Waals surface area contributed by atoms with Crippen molar-refractivity contribution in [3.63, 3.8) is 0 Å². The van der Waals surface area contributed by atoms with Gasteiger partial charge in [-0.3, -0.25) is 9.59 Å². The Bertz CT molecular complexity index is 572. The van der Waals surface area contributed by atoms with E-state index in [0.717, 1.165) is 31.2 Å². The topological polar surface area (TPSA) is 40.6 Å². The Morgan fingerprint density at radius 1 is 1.32 bits per heavy atom. The van der Waals surface area contributed by atoms with Gasteiger partial charge in [-0.05, 0) is 43.4 Å². The van der Waals surface area contributed by atoms with Gasteiger partial charge in [-0.15, -0.1) is 0 Å². The molecule has 1 aliphatic carbocycles. The zero-order valence-corrected chi connectivity index (χ0v) is 12.6. The van der Waals surface area contributed by atoms with Gasteiger partial charge in [0, 0.05) is 25.6 Å². The number of hydrogen-bond donors (Lipinski definition) is 0. The summed E-state index contributed by atoms with van der Waals surface area (Å²) in [4.78, 5) is 27.9. The first kappa shape index (κ1) is 15.0. The molecule has 2 fully saturated rings. The van der Waals surface area contributed by atoms with Gasteiger partial charge in [0.15, 0.2) is 0 Å². The fourth-order valence-corrected chi connectivity index (χ4v) is 2.92. The molecule has 1 aliphatic heterocycles. The lowest BCUT2D eigenvalue weighted by Gasteiger charge is -2.30. The summed E-state index contributed by atoms with van der Waals surface area (Å²) in [6.07, 6.45) is 4.41. The van der Waals surface area contributed by atoms with Gasteiger partial charge >= 0.3 is 0 Å². The Labute approximate surface area is 129 Å². The summed E-state index contributed by atoms with van der Waals surface area (Å²) in [7, 11) is 0. The molecule has 0 bridgehead atoms. The fraction of sp³-hybridized carbons (Fsp3) is 0.529. The monoisotopic (exact) mass is 304 g/mol. The largest absolute Gasteiger partial charge is 0.334 e. The van der Waals surface area contributed by atoms with Crippen molar-refractivity contribution in [2.75, 3.05) is 13.1 Å². The van der Waals surface area contributed by atoms with E-state index in [1.807, 2.05) is 6.07 Å². The van der Waals surface area contributed by atoms with Crippen LogP contribution < -0.4 is 0 Å². The smallest absolute Gasteiger partial charge is 0.242 e. The minimum absolute atomic E-state index is 0.0259. The van der Waals surface area contributed by atoms with Crippen molar-refractivity contribution in [2.24, 2.45) is 0 Å². The third-order valence-corrected chi connectivity index (χ3v) is 4.30. The highest BCUT2D eigenvalue weighted by Gasteiger charge is 2.34. The Hall–Kier alpha value is -1.91. The van der Waals surface area contributed by atoms with E-state index in [1.165, 1.54) is 12.1 Å². The van der Waals surface area contributed by atoms with E-state index in [2.05, 4.69) is 0 Å². The van der Waals surface area contributed by atoms with Crippen LogP contribution in [0.2, 0.25) is 0 Å². The second-order valence-corrected chi connectivity index (χ2v) is 6.16. The third kappa shape index (κ3) is 3.64. The number of carbonyl (C=O) groups excluding carboxylic acids is 2. The molecule has 2 aliphatic rings. The highest BCUT2D eigenvalue weighted by atomic mass is 19.1. The molecule has 0 atom stereocenters. The summed E-state index contributed by atoms with van der Waals surface area (Å²) < 4.78 is 13.3. The number of amides is 2. The van der Waals surface area contributed by atoms with E-state index >= 15 is 0 Å². The number of piperidine rings is 1. The highest BCUT2D eigenvalue weighted by Crippen LogP contribution is 2.29. The summed E-state index contributed by atoms with van der Waals surface area (Å²) in [6, 6.07) is 6.61. The molecule has 2 amide bonds. The lowest BCUT2D eigenvalue weighted by atomic mass is 10.1. The molecular formula is C17H21FN2O2. The molecule has 0 unspecified atom stereocenters. The van der Waals surface area contributed by atoms with Gasteiger partial charge in [0.05, 0.1) is 6.54 Å². The molecule has 1 saturated heterocycles. The van der Waals surface area contributed by atoms with E-state index in [0.29, 0.717) is 19.5 Å². The van der Waals surface area contributed by atoms with Crippen LogP contribution in [-0.2, 0) is 16.1 Å². The van der Waals surface area contributed by atoms with Gasteiger partial charge in [-0.1, -0.05) is 12.1 Å². The van der Waals surface area contributed by atoms with Crippen molar-refractivity contribution in [1.82, 2.24) is 9.80 Å². The van der Waals surface area contributed by atoms with Crippen molar-refractivity contribution in [3.8, 4) is 0 Å². The summed E-state index contributed by atoms with van der Waals surface area (Å²) in [5.74, 6) is -0.241. The van der Waals surface area contributed by atoms with Gasteiger partial charge in [-0.25, -0.2) is 4.39 Å². The normalized spacial score (nSPS) is 18.4. The molecule has 1 saturated carbocycles. The maximum absolute atomic E-state index is 13.3. The zero-order valence-electron chi connectivity index (χ0n) is 12.6. The number of nitrogens with zero attached hydrogens (tertiary/aromatic N) is 2. The minimum atomic E-state index is -0.285. The van der Waals surface area contributed by atoms with Crippen molar-refractivity contribution in [1.29, 1.82) is 0 Å². The van der Waals surface area contributed by atoms with Gasteiger partial charge in [0.25, 0.3) is 0 Å². The molecule has 1 aromatic carbocycles. The number of rotatable bonds is 5. The average Bonchev–Trinajstić information content (AvgIpc) is 3.32. The summed E-state index contributed by atoms with van der Waals surface area (Å²) in [6.45, 7) is 1.25. The maximum Gasteiger partial charge on any atom is 0.242 e. The van der Waals surface area contributed by atoms with Crippen molar-refractivity contribution >= 4 is 11.8 Å². The van der Waals surface area contributed by atoms with Crippen LogP contribution >= 0.6 is 0 Å². The van der Waals surface area contributed by atoms with Gasteiger partial charge < -0.3 is 9.80 Å². The summed E-state index contributed by atoms with van der Waals surface area (Å²) >= 11 is 0. The SMILES string of the molecule is O=C1CCCCN1CC(=O)N(Cc1cccc(F)c1)C1CC1. The number of likely N-dealkylation sites (tertiary alicyclic amines) is 1. The molecule has 0 spiro atoms. The van der Waals surface area contributed by atoms with E-state index in [-0.39, 0.29) is 30.2 Å². The summed E-state index contributed by atoms with van der Waals surface area (Å²) in [5, 5.41) is 0. The van der Waals surface area contributed by atoms with Crippen molar-refractivity contribution in [2.45, 2.75) is 44.7 Å². The second-order valence-electron chi connectivity index (χ2n) is 6.16. The van der Waals surface area contributed by atoms with Crippen LogP contribution in [-0.4, -0.2) is 40.7 Å². The number of benzene rings is 1. The Morgan fingerprint density at radius 2 is 2.14 bits per heavy atom. The highest BCUT2D eigenvalue weighted by molar-refractivity contribution is 5.85. The van der Waals surface area contributed by atoms with E-state index in [4.69, 9.17) is 0 Å². The van der Waals surface area contributed by atoms with Crippen LogP contribution in [0.1, 0.15) is 37.7 Å². The van der Waals surface area contributed by atoms with Crippen LogP contribution in [0.4, 0.5) is 4.39 Å². The van der Waals surface area contributed by atoms with Crippen LogP contribution in [0.5, 0.6) is 0 Å². The Balaban J connectivity index is 1.65. The van der Waals surface area contributed by atoms with E-state index in [9.17, 15) is 14.0 Å². The quantitative estimate of drug-likeness (QED) is 0.837. The van der Waals surface area contributed by atoms with E-state index in [1.54, 1.807) is 15.9 Å². The first-order valence-electron chi connectivity index (χ1n) is 7.95. The van der Waals surface area contributed by atoms with Gasteiger partial charge in [-0.2, -0.15) is 0 Å². The standard InChI is InChI=1S/C17H21FN2O2/c18-14-5-3-4-13(10-14)11-20(15-7-8-15)17(22)12-19-9-2-1-6-16(19)21/h3-5,10,15H,1-2,6-9,11-12H2. The molecule has 1 heterocycles. The maximum atomic E-state index is 13.3. The first-order valence-corrected chi connectivity index (χ1v) is 7.95. The summed E-state index contributed by atoms with van der Waals surface area (Å²) in [5.41, 5.74) is 0.797. The average molecular weight is 304 g/mol. The Morgan fingerprint density at radius 3 is 2.82 bits per heavy atom. The molecule has 3 rings (SSSR count). The number of halogens is 1. The number of hydrogen-bond acceptors (Lipinski definition) is 2. The van der Waals surface area contributed by atoms with E-state index < -0.39 is 0 Å². The minimum Gasteiger partial charge on any atom is -0.334 e. The van der Waals surface area contributed by atoms with Crippen LogP contribution in [0, 0.1) is 5.82 Å². The van der Waals surface area contributed by atoms with Gasteiger partial charge in [0.2, 0.25) is 11.8 Å². The molecule has 1 aromatic rings.